The second-order valence-electron chi connectivity index (χ2n) is 3.55. The monoisotopic (exact) mass is 188 g/mol. The molecule has 0 saturated heterocycles. The van der Waals surface area contributed by atoms with Crippen molar-refractivity contribution in [2.45, 2.75) is 27.2 Å². The predicted molar refractivity (Wildman–Crippen MR) is 60.2 cm³/mol. The molecule has 1 nitrogen and oxygen atoms in total. The Bertz CT molecular complexity index is 361. The molecule has 0 saturated carbocycles. The van der Waals surface area contributed by atoms with Crippen molar-refractivity contribution in [1.82, 2.24) is 0 Å². The van der Waals surface area contributed by atoms with Crippen LogP contribution in [0.5, 0.6) is 0 Å². The highest BCUT2D eigenvalue weighted by atomic mass is 16.1. The number of hydrogen-bond acceptors (Lipinski definition) is 1. The summed E-state index contributed by atoms with van der Waals surface area (Å²) in [4.78, 5) is 10.7. The van der Waals surface area contributed by atoms with Gasteiger partial charge < -0.3 is 0 Å². The Labute approximate surface area is 85.5 Å². The standard InChI is InChI=1S/C13H16O/c1-4-12(9-14)8-13-6-5-10(2)7-11(13)3/h5-9H,4H2,1-3H3. The average molecular weight is 188 g/mol. The lowest BCUT2D eigenvalue weighted by Crippen LogP contribution is -1.86. The molecule has 74 valence electrons. The van der Waals surface area contributed by atoms with Crippen molar-refractivity contribution in [2.24, 2.45) is 0 Å². The molecule has 0 aromatic heterocycles. The predicted octanol–water partition coefficient (Wildman–Crippen LogP) is 3.30. The van der Waals surface area contributed by atoms with Gasteiger partial charge in [-0.25, -0.2) is 0 Å². The molecule has 1 heteroatoms. The van der Waals surface area contributed by atoms with Gasteiger partial charge in [0.15, 0.2) is 0 Å². The fraction of sp³-hybridized carbons (Fsp3) is 0.308. The van der Waals surface area contributed by atoms with Crippen molar-refractivity contribution >= 4 is 12.4 Å². The van der Waals surface area contributed by atoms with Gasteiger partial charge in [0.05, 0.1) is 0 Å². The van der Waals surface area contributed by atoms with Gasteiger partial charge >= 0.3 is 0 Å². The smallest absolute Gasteiger partial charge is 0.146 e. The van der Waals surface area contributed by atoms with Crippen LogP contribution < -0.4 is 0 Å². The van der Waals surface area contributed by atoms with Gasteiger partial charge in [-0.05, 0) is 43.0 Å². The van der Waals surface area contributed by atoms with E-state index in [0.717, 1.165) is 23.8 Å². The third kappa shape index (κ3) is 2.56. The normalized spacial score (nSPS) is 11.5. The van der Waals surface area contributed by atoms with E-state index in [4.69, 9.17) is 0 Å². The van der Waals surface area contributed by atoms with E-state index in [-0.39, 0.29) is 0 Å². The Morgan fingerprint density at radius 3 is 2.57 bits per heavy atom. The Morgan fingerprint density at radius 1 is 1.36 bits per heavy atom. The summed E-state index contributed by atoms with van der Waals surface area (Å²) < 4.78 is 0. The summed E-state index contributed by atoms with van der Waals surface area (Å²) in [5.74, 6) is 0. The zero-order chi connectivity index (χ0) is 10.6. The van der Waals surface area contributed by atoms with Crippen molar-refractivity contribution < 1.29 is 4.79 Å². The number of benzene rings is 1. The topological polar surface area (TPSA) is 17.1 Å². The van der Waals surface area contributed by atoms with Gasteiger partial charge in [0.1, 0.15) is 6.29 Å². The average Bonchev–Trinajstić information content (AvgIpc) is 2.17. The van der Waals surface area contributed by atoms with Crippen molar-refractivity contribution in [3.63, 3.8) is 0 Å². The molecule has 0 fully saturated rings. The summed E-state index contributed by atoms with van der Waals surface area (Å²) in [5, 5.41) is 0. The van der Waals surface area contributed by atoms with Gasteiger partial charge in [-0.2, -0.15) is 0 Å². The number of aryl methyl sites for hydroxylation is 2. The number of aldehydes is 1. The maximum Gasteiger partial charge on any atom is 0.146 e. The zero-order valence-electron chi connectivity index (χ0n) is 9.00. The molecular formula is C13H16O. The summed E-state index contributed by atoms with van der Waals surface area (Å²) in [6.45, 7) is 6.13. The minimum atomic E-state index is 0.789. The molecule has 0 atom stereocenters. The first kappa shape index (κ1) is 10.7. The van der Waals surface area contributed by atoms with Crippen LogP contribution in [0.3, 0.4) is 0 Å². The molecule has 0 amide bonds. The molecular weight excluding hydrogens is 172 g/mol. The molecule has 0 radical (unpaired) electrons. The third-order valence-corrected chi connectivity index (χ3v) is 2.33. The van der Waals surface area contributed by atoms with Gasteiger partial charge in [-0.3, -0.25) is 4.79 Å². The highest BCUT2D eigenvalue weighted by Gasteiger charge is 1.97. The summed E-state index contributed by atoms with van der Waals surface area (Å²) in [6.07, 6.45) is 3.68. The van der Waals surface area contributed by atoms with Crippen LogP contribution in [0, 0.1) is 13.8 Å². The summed E-state index contributed by atoms with van der Waals surface area (Å²) in [6, 6.07) is 6.25. The van der Waals surface area contributed by atoms with Crippen LogP contribution in [-0.2, 0) is 4.79 Å². The third-order valence-electron chi connectivity index (χ3n) is 2.33. The van der Waals surface area contributed by atoms with E-state index in [2.05, 4.69) is 32.0 Å². The number of hydrogen-bond donors (Lipinski definition) is 0. The second-order valence-corrected chi connectivity index (χ2v) is 3.55. The minimum Gasteiger partial charge on any atom is -0.298 e. The molecule has 0 aliphatic heterocycles. The lowest BCUT2D eigenvalue weighted by molar-refractivity contribution is -0.104. The molecule has 1 aromatic carbocycles. The van der Waals surface area contributed by atoms with E-state index in [0.29, 0.717) is 0 Å². The van der Waals surface area contributed by atoms with Crippen molar-refractivity contribution in [3.8, 4) is 0 Å². The van der Waals surface area contributed by atoms with Gasteiger partial charge in [0.25, 0.3) is 0 Å². The van der Waals surface area contributed by atoms with E-state index in [1.807, 2.05) is 13.0 Å². The quantitative estimate of drug-likeness (QED) is 0.525. The van der Waals surface area contributed by atoms with Crippen LogP contribution in [0.1, 0.15) is 30.0 Å². The molecule has 0 N–H and O–H groups in total. The van der Waals surface area contributed by atoms with Crippen molar-refractivity contribution in [1.29, 1.82) is 0 Å². The van der Waals surface area contributed by atoms with Crippen molar-refractivity contribution in [2.75, 3.05) is 0 Å². The molecule has 1 rings (SSSR count). The lowest BCUT2D eigenvalue weighted by Gasteiger charge is -2.02. The highest BCUT2D eigenvalue weighted by Crippen LogP contribution is 2.14. The Kier molecular flexibility index (Phi) is 3.63. The van der Waals surface area contributed by atoms with Gasteiger partial charge in [0.2, 0.25) is 0 Å². The molecule has 0 heterocycles. The number of allylic oxidation sites excluding steroid dienone is 1. The minimum absolute atomic E-state index is 0.789. The molecule has 0 spiro atoms. The number of carbonyl (C=O) groups is 1. The van der Waals surface area contributed by atoms with Crippen LogP contribution in [0.4, 0.5) is 0 Å². The number of rotatable bonds is 3. The van der Waals surface area contributed by atoms with E-state index >= 15 is 0 Å². The first-order valence-corrected chi connectivity index (χ1v) is 4.90. The van der Waals surface area contributed by atoms with Crippen LogP contribution in [0.15, 0.2) is 23.8 Å². The SMILES string of the molecule is CCC(C=O)=Cc1ccc(C)cc1C. The Hall–Kier alpha value is -1.37. The molecule has 0 aliphatic rings. The van der Waals surface area contributed by atoms with Gasteiger partial charge in [-0.1, -0.05) is 30.7 Å². The Morgan fingerprint density at radius 2 is 2.07 bits per heavy atom. The highest BCUT2D eigenvalue weighted by molar-refractivity contribution is 5.82. The van der Waals surface area contributed by atoms with Crippen molar-refractivity contribution in [3.05, 3.63) is 40.5 Å². The summed E-state index contributed by atoms with van der Waals surface area (Å²) in [7, 11) is 0. The Balaban J connectivity index is 3.08. The van der Waals surface area contributed by atoms with E-state index < -0.39 is 0 Å². The van der Waals surface area contributed by atoms with Crippen LogP contribution in [0.2, 0.25) is 0 Å². The zero-order valence-corrected chi connectivity index (χ0v) is 9.00. The summed E-state index contributed by atoms with van der Waals surface area (Å²) in [5.41, 5.74) is 4.46. The number of carbonyl (C=O) groups excluding carboxylic acids is 1. The summed E-state index contributed by atoms with van der Waals surface area (Å²) >= 11 is 0. The van der Waals surface area contributed by atoms with E-state index in [1.165, 1.54) is 11.1 Å². The van der Waals surface area contributed by atoms with Gasteiger partial charge in [-0.15, -0.1) is 0 Å². The molecule has 0 unspecified atom stereocenters. The fourth-order valence-corrected chi connectivity index (χ4v) is 1.41. The van der Waals surface area contributed by atoms with E-state index in [9.17, 15) is 4.79 Å². The van der Waals surface area contributed by atoms with E-state index in [1.54, 1.807) is 0 Å². The van der Waals surface area contributed by atoms with Crippen LogP contribution in [0.25, 0.3) is 6.08 Å². The second kappa shape index (κ2) is 4.75. The molecule has 0 aliphatic carbocycles. The van der Waals surface area contributed by atoms with Crippen LogP contribution in [-0.4, -0.2) is 6.29 Å². The van der Waals surface area contributed by atoms with Gasteiger partial charge in [0, 0.05) is 0 Å². The first-order chi connectivity index (χ1) is 6.67. The molecule has 1 aromatic rings. The molecule has 0 bridgehead atoms. The fourth-order valence-electron chi connectivity index (χ4n) is 1.41. The largest absolute Gasteiger partial charge is 0.298 e. The maximum absolute atomic E-state index is 10.7. The molecule has 14 heavy (non-hydrogen) atoms. The first-order valence-electron chi connectivity index (χ1n) is 4.90. The lowest BCUT2D eigenvalue weighted by atomic mass is 10.0. The van der Waals surface area contributed by atoms with Crippen LogP contribution >= 0.6 is 0 Å². The maximum atomic E-state index is 10.7.